The molecule has 1 amide bonds. The van der Waals surface area contributed by atoms with Crippen molar-refractivity contribution in [3.05, 3.63) is 16.1 Å². The van der Waals surface area contributed by atoms with Crippen LogP contribution in [-0.4, -0.2) is 30.5 Å². The van der Waals surface area contributed by atoms with E-state index in [1.807, 2.05) is 12.4 Å². The van der Waals surface area contributed by atoms with E-state index in [9.17, 15) is 4.79 Å². The van der Waals surface area contributed by atoms with Crippen LogP contribution in [0.3, 0.4) is 0 Å². The Balaban J connectivity index is 2.02. The number of amides is 1. The Morgan fingerprint density at radius 3 is 2.83 bits per heavy atom. The molecule has 102 valence electrons. The summed E-state index contributed by atoms with van der Waals surface area (Å²) in [5, 5.41) is 6.20. The van der Waals surface area contributed by atoms with Crippen molar-refractivity contribution in [3.8, 4) is 0 Å². The quantitative estimate of drug-likeness (QED) is 0.707. The van der Waals surface area contributed by atoms with E-state index in [-0.39, 0.29) is 5.91 Å². The highest BCUT2D eigenvalue weighted by molar-refractivity contribution is 7.09. The zero-order chi connectivity index (χ0) is 13.4. The lowest BCUT2D eigenvalue weighted by molar-refractivity contribution is -0.121. The number of hydrogen-bond acceptors (Lipinski definition) is 4. The van der Waals surface area contributed by atoms with Crippen LogP contribution in [0.2, 0.25) is 0 Å². The Hall–Kier alpha value is -0.940. The van der Waals surface area contributed by atoms with Crippen LogP contribution in [0.1, 0.15) is 30.8 Å². The van der Waals surface area contributed by atoms with E-state index in [1.165, 1.54) is 4.88 Å². The van der Waals surface area contributed by atoms with Gasteiger partial charge < -0.3 is 10.6 Å². The predicted octanol–water partition coefficient (Wildman–Crippen LogP) is 1.75. The summed E-state index contributed by atoms with van der Waals surface area (Å²) in [4.78, 5) is 17.0. The van der Waals surface area contributed by atoms with E-state index in [2.05, 4.69) is 29.5 Å². The van der Waals surface area contributed by atoms with Crippen LogP contribution in [0.5, 0.6) is 0 Å². The van der Waals surface area contributed by atoms with Gasteiger partial charge in [-0.15, -0.1) is 11.3 Å². The molecular weight excluding hydrogens is 246 g/mol. The van der Waals surface area contributed by atoms with Crippen molar-refractivity contribution in [1.82, 2.24) is 15.6 Å². The summed E-state index contributed by atoms with van der Waals surface area (Å²) in [6, 6.07) is 0. The van der Waals surface area contributed by atoms with E-state index in [0.717, 1.165) is 31.7 Å². The molecule has 0 aliphatic carbocycles. The molecule has 2 N–H and O–H groups in total. The fourth-order valence-electron chi connectivity index (χ4n) is 1.50. The van der Waals surface area contributed by atoms with E-state index in [4.69, 9.17) is 0 Å². The molecule has 1 heterocycles. The second kappa shape index (κ2) is 8.21. The lowest BCUT2D eigenvalue weighted by Gasteiger charge is -2.08. The first-order chi connectivity index (χ1) is 8.59. The Morgan fingerprint density at radius 1 is 1.44 bits per heavy atom. The standard InChI is InChI=1S/C13H23N3OS/c1-10(2)8-15-13(17)5-7-14-6-4-12-11(3)16-9-18-12/h9-10,14H,4-8H2,1-3H3,(H,15,17). The summed E-state index contributed by atoms with van der Waals surface area (Å²) in [5.74, 6) is 0.640. The second-order valence-corrected chi connectivity index (χ2v) is 5.75. The Bertz CT molecular complexity index is 363. The van der Waals surface area contributed by atoms with Gasteiger partial charge in [-0.3, -0.25) is 4.79 Å². The average Bonchev–Trinajstić information content (AvgIpc) is 2.72. The first-order valence-electron chi connectivity index (χ1n) is 6.46. The van der Waals surface area contributed by atoms with E-state index in [0.29, 0.717) is 12.3 Å². The van der Waals surface area contributed by atoms with Gasteiger partial charge in [-0.2, -0.15) is 0 Å². The third-order valence-electron chi connectivity index (χ3n) is 2.61. The van der Waals surface area contributed by atoms with Crippen LogP contribution in [-0.2, 0) is 11.2 Å². The molecule has 0 bridgehead atoms. The van der Waals surface area contributed by atoms with Gasteiger partial charge in [-0.25, -0.2) is 4.98 Å². The van der Waals surface area contributed by atoms with Gasteiger partial charge in [0.15, 0.2) is 0 Å². The highest BCUT2D eigenvalue weighted by atomic mass is 32.1. The normalized spacial score (nSPS) is 10.9. The molecule has 4 nitrogen and oxygen atoms in total. The molecule has 0 unspecified atom stereocenters. The predicted molar refractivity (Wildman–Crippen MR) is 75.9 cm³/mol. The third-order valence-corrected chi connectivity index (χ3v) is 3.60. The van der Waals surface area contributed by atoms with Crippen LogP contribution >= 0.6 is 11.3 Å². The van der Waals surface area contributed by atoms with Gasteiger partial charge in [0.2, 0.25) is 5.91 Å². The summed E-state index contributed by atoms with van der Waals surface area (Å²) in [6.45, 7) is 8.62. The number of carbonyl (C=O) groups is 1. The fourth-order valence-corrected chi connectivity index (χ4v) is 2.28. The van der Waals surface area contributed by atoms with E-state index in [1.54, 1.807) is 11.3 Å². The molecule has 0 aliphatic heterocycles. The molecule has 0 fully saturated rings. The Kier molecular flexibility index (Phi) is 6.90. The highest BCUT2D eigenvalue weighted by Gasteiger charge is 2.03. The molecule has 5 heteroatoms. The van der Waals surface area contributed by atoms with Gasteiger partial charge in [0, 0.05) is 30.9 Å². The molecule has 0 atom stereocenters. The highest BCUT2D eigenvalue weighted by Crippen LogP contribution is 2.11. The molecule has 0 spiro atoms. The molecule has 18 heavy (non-hydrogen) atoms. The van der Waals surface area contributed by atoms with Crippen LogP contribution in [0.25, 0.3) is 0 Å². The molecule has 0 radical (unpaired) electrons. The number of rotatable bonds is 8. The molecule has 0 saturated heterocycles. The smallest absolute Gasteiger partial charge is 0.221 e. The number of hydrogen-bond donors (Lipinski definition) is 2. The maximum atomic E-state index is 11.4. The van der Waals surface area contributed by atoms with Crippen molar-refractivity contribution >= 4 is 17.2 Å². The first kappa shape index (κ1) is 15.1. The van der Waals surface area contributed by atoms with Gasteiger partial charge in [0.25, 0.3) is 0 Å². The van der Waals surface area contributed by atoms with Gasteiger partial charge >= 0.3 is 0 Å². The Morgan fingerprint density at radius 2 is 2.22 bits per heavy atom. The van der Waals surface area contributed by atoms with Crippen LogP contribution in [0.4, 0.5) is 0 Å². The van der Waals surface area contributed by atoms with Crippen molar-refractivity contribution in [2.75, 3.05) is 19.6 Å². The van der Waals surface area contributed by atoms with Gasteiger partial charge in [-0.1, -0.05) is 13.8 Å². The molecule has 0 aliphatic rings. The summed E-state index contributed by atoms with van der Waals surface area (Å²) >= 11 is 1.69. The third kappa shape index (κ3) is 6.12. The maximum absolute atomic E-state index is 11.4. The molecule has 0 aromatic carbocycles. The number of thiazole rings is 1. The summed E-state index contributed by atoms with van der Waals surface area (Å²) in [6.07, 6.45) is 1.54. The lowest BCUT2D eigenvalue weighted by Crippen LogP contribution is -2.30. The largest absolute Gasteiger partial charge is 0.356 e. The topological polar surface area (TPSA) is 54.0 Å². The zero-order valence-electron chi connectivity index (χ0n) is 11.5. The number of nitrogens with zero attached hydrogens (tertiary/aromatic N) is 1. The number of aromatic nitrogens is 1. The van der Waals surface area contributed by atoms with Crippen molar-refractivity contribution in [1.29, 1.82) is 0 Å². The van der Waals surface area contributed by atoms with E-state index < -0.39 is 0 Å². The van der Waals surface area contributed by atoms with Crippen LogP contribution in [0, 0.1) is 12.8 Å². The second-order valence-electron chi connectivity index (χ2n) is 4.81. The molecular formula is C13H23N3OS. The molecule has 1 aromatic rings. The number of carbonyl (C=O) groups excluding carboxylic acids is 1. The first-order valence-corrected chi connectivity index (χ1v) is 7.34. The monoisotopic (exact) mass is 269 g/mol. The van der Waals surface area contributed by atoms with Crippen LogP contribution in [0.15, 0.2) is 5.51 Å². The molecule has 0 saturated carbocycles. The number of aryl methyl sites for hydroxylation is 1. The van der Waals surface area contributed by atoms with Crippen molar-refractivity contribution in [2.24, 2.45) is 5.92 Å². The maximum Gasteiger partial charge on any atom is 0.221 e. The summed E-state index contributed by atoms with van der Waals surface area (Å²) in [7, 11) is 0. The minimum absolute atomic E-state index is 0.130. The minimum atomic E-state index is 0.130. The minimum Gasteiger partial charge on any atom is -0.356 e. The van der Waals surface area contributed by atoms with Crippen LogP contribution < -0.4 is 10.6 Å². The van der Waals surface area contributed by atoms with Gasteiger partial charge in [0.05, 0.1) is 11.2 Å². The lowest BCUT2D eigenvalue weighted by atomic mass is 10.2. The van der Waals surface area contributed by atoms with Crippen molar-refractivity contribution < 1.29 is 4.79 Å². The van der Waals surface area contributed by atoms with Crippen molar-refractivity contribution in [3.63, 3.8) is 0 Å². The average molecular weight is 269 g/mol. The summed E-state index contributed by atoms with van der Waals surface area (Å²) < 4.78 is 0. The Labute approximate surface area is 113 Å². The zero-order valence-corrected chi connectivity index (χ0v) is 12.3. The summed E-state index contributed by atoms with van der Waals surface area (Å²) in [5.41, 5.74) is 3.00. The van der Waals surface area contributed by atoms with Gasteiger partial charge in [-0.05, 0) is 19.3 Å². The molecule has 1 rings (SSSR count). The SMILES string of the molecule is Cc1ncsc1CCNCCC(=O)NCC(C)C. The van der Waals surface area contributed by atoms with Crippen molar-refractivity contribution in [2.45, 2.75) is 33.6 Å². The fraction of sp³-hybridized carbons (Fsp3) is 0.692. The number of nitrogens with one attached hydrogen (secondary N) is 2. The molecule has 1 aromatic heterocycles. The van der Waals surface area contributed by atoms with Gasteiger partial charge in [0.1, 0.15) is 0 Å². The van der Waals surface area contributed by atoms with E-state index >= 15 is 0 Å².